The Hall–Kier alpha value is -2.09. The number of hydrogen-bond donors (Lipinski definition) is 3. The molecule has 2 rings (SSSR count). The van der Waals surface area contributed by atoms with Gasteiger partial charge in [-0.3, -0.25) is 14.3 Å². The summed E-state index contributed by atoms with van der Waals surface area (Å²) in [4.78, 5) is 23.3. The van der Waals surface area contributed by atoms with Gasteiger partial charge < -0.3 is 10.4 Å². The van der Waals surface area contributed by atoms with Crippen LogP contribution in [0.4, 0.5) is 11.4 Å². The summed E-state index contributed by atoms with van der Waals surface area (Å²) in [7, 11) is -3.40. The lowest BCUT2D eigenvalue weighted by atomic mass is 9.81. The molecule has 1 aliphatic carbocycles. The number of carbonyl (C=O) groups excluding carboxylic acids is 1. The van der Waals surface area contributed by atoms with Gasteiger partial charge in [0.2, 0.25) is 15.9 Å². The van der Waals surface area contributed by atoms with Gasteiger partial charge in [0.25, 0.3) is 0 Å². The van der Waals surface area contributed by atoms with Crippen molar-refractivity contribution in [3.05, 3.63) is 23.8 Å². The molecule has 24 heavy (non-hydrogen) atoms. The highest BCUT2D eigenvalue weighted by Gasteiger charge is 2.29. The smallest absolute Gasteiger partial charge is 0.306 e. The van der Waals surface area contributed by atoms with E-state index in [1.165, 1.54) is 0 Å². The molecule has 1 aromatic carbocycles. The number of aliphatic carboxylic acids is 1. The molecule has 1 fully saturated rings. The maximum atomic E-state index is 12.3. The molecule has 0 saturated heterocycles. The topological polar surface area (TPSA) is 113 Å². The minimum absolute atomic E-state index is 0.159. The fourth-order valence-corrected chi connectivity index (χ4v) is 3.48. The molecule has 0 aromatic heterocycles. The van der Waals surface area contributed by atoms with Gasteiger partial charge >= 0.3 is 5.97 Å². The number of anilines is 2. The largest absolute Gasteiger partial charge is 0.481 e. The molecule has 0 radical (unpaired) electrons. The van der Waals surface area contributed by atoms with E-state index in [1.54, 1.807) is 25.1 Å². The summed E-state index contributed by atoms with van der Waals surface area (Å²) in [5.74, 6) is -1.54. The number of hydrogen-bond acceptors (Lipinski definition) is 4. The number of carbonyl (C=O) groups is 2. The maximum absolute atomic E-state index is 12.3. The number of rotatable bonds is 5. The quantitative estimate of drug-likeness (QED) is 0.750. The Morgan fingerprint density at radius 3 is 2.25 bits per heavy atom. The van der Waals surface area contributed by atoms with Crippen LogP contribution in [0, 0.1) is 18.8 Å². The van der Waals surface area contributed by atoms with Gasteiger partial charge in [-0.2, -0.15) is 0 Å². The average molecular weight is 354 g/mol. The Morgan fingerprint density at radius 2 is 1.71 bits per heavy atom. The van der Waals surface area contributed by atoms with Crippen LogP contribution in [-0.4, -0.2) is 31.7 Å². The Bertz CT molecular complexity index is 737. The lowest BCUT2D eigenvalue weighted by Gasteiger charge is -2.25. The summed E-state index contributed by atoms with van der Waals surface area (Å²) in [5, 5.41) is 11.8. The minimum atomic E-state index is -3.40. The zero-order valence-corrected chi connectivity index (χ0v) is 14.5. The average Bonchev–Trinajstić information content (AvgIpc) is 2.49. The fraction of sp³-hybridized carbons (Fsp3) is 0.500. The molecule has 0 bridgehead atoms. The first kappa shape index (κ1) is 18.3. The number of benzene rings is 1. The Balaban J connectivity index is 2.02. The van der Waals surface area contributed by atoms with Gasteiger partial charge in [-0.15, -0.1) is 0 Å². The first-order valence-electron chi connectivity index (χ1n) is 7.78. The molecule has 8 heteroatoms. The number of amides is 1. The molecule has 0 atom stereocenters. The van der Waals surface area contributed by atoms with Gasteiger partial charge in [0.05, 0.1) is 17.9 Å². The first-order valence-corrected chi connectivity index (χ1v) is 9.67. The molecule has 0 aliphatic heterocycles. The summed E-state index contributed by atoms with van der Waals surface area (Å²) < 4.78 is 25.2. The second kappa shape index (κ2) is 7.21. The molecule has 0 spiro atoms. The fourth-order valence-electron chi connectivity index (χ4n) is 2.86. The van der Waals surface area contributed by atoms with Gasteiger partial charge in [-0.1, -0.05) is 6.07 Å². The van der Waals surface area contributed by atoms with Crippen LogP contribution in [0.2, 0.25) is 0 Å². The van der Waals surface area contributed by atoms with E-state index in [1.807, 2.05) is 0 Å². The predicted molar refractivity (Wildman–Crippen MR) is 91.4 cm³/mol. The van der Waals surface area contributed by atoms with Crippen molar-refractivity contribution in [2.24, 2.45) is 11.8 Å². The van der Waals surface area contributed by atoms with Crippen LogP contribution in [0.15, 0.2) is 18.2 Å². The molecule has 132 valence electrons. The van der Waals surface area contributed by atoms with E-state index >= 15 is 0 Å². The van der Waals surface area contributed by atoms with Crippen molar-refractivity contribution in [1.82, 2.24) is 0 Å². The third kappa shape index (κ3) is 4.95. The van der Waals surface area contributed by atoms with E-state index < -0.39 is 16.0 Å². The summed E-state index contributed by atoms with van der Waals surface area (Å²) in [6, 6.07) is 5.02. The second-order valence-electron chi connectivity index (χ2n) is 6.28. The van der Waals surface area contributed by atoms with Crippen molar-refractivity contribution in [2.75, 3.05) is 16.3 Å². The van der Waals surface area contributed by atoms with Crippen molar-refractivity contribution >= 4 is 33.3 Å². The molecule has 1 aliphatic rings. The second-order valence-corrected chi connectivity index (χ2v) is 8.03. The first-order chi connectivity index (χ1) is 11.2. The van der Waals surface area contributed by atoms with Crippen molar-refractivity contribution in [2.45, 2.75) is 32.6 Å². The summed E-state index contributed by atoms with van der Waals surface area (Å²) in [6.07, 6.45) is 3.16. The van der Waals surface area contributed by atoms with Crippen LogP contribution in [0.5, 0.6) is 0 Å². The zero-order chi connectivity index (χ0) is 17.9. The summed E-state index contributed by atoms with van der Waals surface area (Å²) >= 11 is 0. The predicted octanol–water partition coefficient (Wildman–Crippen LogP) is 2.20. The maximum Gasteiger partial charge on any atom is 0.306 e. The summed E-state index contributed by atoms with van der Waals surface area (Å²) in [6.45, 7) is 1.77. The zero-order valence-electron chi connectivity index (χ0n) is 13.7. The molecule has 1 saturated carbocycles. The van der Waals surface area contributed by atoms with Crippen LogP contribution >= 0.6 is 0 Å². The van der Waals surface area contributed by atoms with Gasteiger partial charge in [-0.05, 0) is 50.3 Å². The molecular formula is C16H22N2O5S. The number of aryl methyl sites for hydroxylation is 1. The van der Waals surface area contributed by atoms with Gasteiger partial charge in [0, 0.05) is 11.6 Å². The number of sulfonamides is 1. The van der Waals surface area contributed by atoms with Crippen molar-refractivity contribution in [3.8, 4) is 0 Å². The highest BCUT2D eigenvalue weighted by atomic mass is 32.2. The Labute approximate surface area is 141 Å². The van der Waals surface area contributed by atoms with Crippen LogP contribution in [0.3, 0.4) is 0 Å². The molecular weight excluding hydrogens is 332 g/mol. The van der Waals surface area contributed by atoms with Crippen LogP contribution in [-0.2, 0) is 19.6 Å². The van der Waals surface area contributed by atoms with E-state index in [2.05, 4.69) is 10.0 Å². The van der Waals surface area contributed by atoms with Crippen LogP contribution < -0.4 is 10.0 Å². The Morgan fingerprint density at radius 1 is 1.12 bits per heavy atom. The van der Waals surface area contributed by atoms with Crippen LogP contribution in [0.25, 0.3) is 0 Å². The van der Waals surface area contributed by atoms with Crippen molar-refractivity contribution in [1.29, 1.82) is 0 Å². The lowest BCUT2D eigenvalue weighted by molar-refractivity contribution is -0.143. The molecule has 3 N–H and O–H groups in total. The van der Waals surface area contributed by atoms with E-state index in [0.29, 0.717) is 37.1 Å². The van der Waals surface area contributed by atoms with Gasteiger partial charge in [-0.25, -0.2) is 8.42 Å². The van der Waals surface area contributed by atoms with E-state index in [0.717, 1.165) is 11.8 Å². The van der Waals surface area contributed by atoms with E-state index in [-0.39, 0.29) is 17.7 Å². The van der Waals surface area contributed by atoms with Gasteiger partial charge in [0.15, 0.2) is 0 Å². The standard InChI is InChI=1S/C16H22N2O5S/c1-10-3-8-13(9-14(10)18-24(2,22)23)17-15(19)11-4-6-12(7-5-11)16(20)21/h3,8-9,11-12,18H,4-7H2,1-2H3,(H,17,19)(H,20,21). The molecule has 0 unspecified atom stereocenters. The molecule has 7 nitrogen and oxygen atoms in total. The molecule has 0 heterocycles. The molecule has 1 aromatic rings. The highest BCUT2D eigenvalue weighted by Crippen LogP contribution is 2.30. The monoisotopic (exact) mass is 354 g/mol. The lowest BCUT2D eigenvalue weighted by Crippen LogP contribution is -2.29. The van der Waals surface area contributed by atoms with Gasteiger partial charge in [0.1, 0.15) is 0 Å². The normalized spacial score (nSPS) is 21.1. The number of carboxylic acids is 1. The van der Waals surface area contributed by atoms with Crippen LogP contribution in [0.1, 0.15) is 31.2 Å². The van der Waals surface area contributed by atoms with Crippen molar-refractivity contribution < 1.29 is 23.1 Å². The number of nitrogens with one attached hydrogen (secondary N) is 2. The number of carboxylic acid groups (broad SMARTS) is 1. The third-order valence-corrected chi connectivity index (χ3v) is 4.84. The SMILES string of the molecule is Cc1ccc(NC(=O)C2CCC(C(=O)O)CC2)cc1NS(C)(=O)=O. The van der Waals surface area contributed by atoms with E-state index in [4.69, 9.17) is 5.11 Å². The minimum Gasteiger partial charge on any atom is -0.481 e. The van der Waals surface area contributed by atoms with Crippen molar-refractivity contribution in [3.63, 3.8) is 0 Å². The summed E-state index contributed by atoms with van der Waals surface area (Å²) in [5.41, 5.74) is 1.68. The highest BCUT2D eigenvalue weighted by molar-refractivity contribution is 7.92. The molecule has 1 amide bonds. The Kier molecular flexibility index (Phi) is 5.48. The van der Waals surface area contributed by atoms with E-state index in [9.17, 15) is 18.0 Å². The third-order valence-electron chi connectivity index (χ3n) is 4.25.